The zero-order chi connectivity index (χ0) is 17.8. The summed E-state index contributed by atoms with van der Waals surface area (Å²) in [4.78, 5) is 13.5. The number of hydrogen-bond acceptors (Lipinski definition) is 3. The zero-order valence-electron chi connectivity index (χ0n) is 14.0. The summed E-state index contributed by atoms with van der Waals surface area (Å²) in [5.41, 5.74) is 3.71. The number of benzene rings is 1. The first-order valence-corrected chi connectivity index (χ1v) is 9.82. The molecule has 5 heteroatoms. The Hall–Kier alpha value is -1.36. The van der Waals surface area contributed by atoms with Crippen molar-refractivity contribution in [3.05, 3.63) is 63.3 Å². The van der Waals surface area contributed by atoms with Crippen LogP contribution in [0, 0.1) is 5.92 Å². The number of piperidine rings is 1. The molecule has 25 heavy (non-hydrogen) atoms. The molecule has 0 aromatic heterocycles. The summed E-state index contributed by atoms with van der Waals surface area (Å²) in [7, 11) is 0. The molecule has 0 spiro atoms. The lowest BCUT2D eigenvalue weighted by atomic mass is 9.73. The minimum atomic E-state index is -0.0317. The maximum Gasteiger partial charge on any atom is 0.150 e. The van der Waals surface area contributed by atoms with Gasteiger partial charge in [0.05, 0.1) is 6.04 Å². The molecule has 1 aromatic rings. The van der Waals surface area contributed by atoms with Gasteiger partial charge in [-0.25, -0.2) is 0 Å². The van der Waals surface area contributed by atoms with Crippen LogP contribution in [0.1, 0.15) is 29.9 Å². The lowest BCUT2D eigenvalue weighted by Gasteiger charge is -2.37. The van der Waals surface area contributed by atoms with E-state index in [2.05, 4.69) is 39.2 Å². The highest BCUT2D eigenvalue weighted by molar-refractivity contribution is 9.11. The minimum Gasteiger partial charge on any atom is -0.383 e. The van der Waals surface area contributed by atoms with Crippen LogP contribution in [0.5, 0.6) is 0 Å². The van der Waals surface area contributed by atoms with Crippen molar-refractivity contribution >= 4 is 39.9 Å². The Bertz CT molecular complexity index is 722. The van der Waals surface area contributed by atoms with Gasteiger partial charge in [0, 0.05) is 22.7 Å². The molecule has 2 unspecified atom stereocenters. The summed E-state index contributed by atoms with van der Waals surface area (Å²) in [6.45, 7) is 6.29. The molecular formula is C20H22BrClN2O. The number of hydrogen-bond donors (Lipinski definition) is 2. The van der Waals surface area contributed by atoms with Crippen LogP contribution in [-0.4, -0.2) is 25.4 Å². The van der Waals surface area contributed by atoms with Gasteiger partial charge in [-0.3, -0.25) is 4.79 Å². The number of carbonyl (C=O) groups excluding carboxylic acids is 1. The van der Waals surface area contributed by atoms with Crippen LogP contribution in [0.25, 0.3) is 6.08 Å². The van der Waals surface area contributed by atoms with E-state index in [1.165, 1.54) is 5.56 Å². The molecular weight excluding hydrogens is 400 g/mol. The van der Waals surface area contributed by atoms with Crippen molar-refractivity contribution in [2.24, 2.45) is 5.92 Å². The van der Waals surface area contributed by atoms with Crippen molar-refractivity contribution in [3.63, 3.8) is 0 Å². The van der Waals surface area contributed by atoms with E-state index in [0.29, 0.717) is 16.5 Å². The van der Waals surface area contributed by atoms with Gasteiger partial charge in [-0.2, -0.15) is 0 Å². The van der Waals surface area contributed by atoms with Crippen LogP contribution >= 0.6 is 27.5 Å². The molecule has 1 aliphatic carbocycles. The summed E-state index contributed by atoms with van der Waals surface area (Å²) < 4.78 is 0. The molecule has 2 aliphatic rings. The predicted octanol–water partition coefficient (Wildman–Crippen LogP) is 4.40. The molecule has 2 atom stereocenters. The van der Waals surface area contributed by atoms with Gasteiger partial charge in [0.15, 0.2) is 0 Å². The monoisotopic (exact) mass is 420 g/mol. The lowest BCUT2D eigenvalue weighted by molar-refractivity contribution is -0.104. The fourth-order valence-electron chi connectivity index (χ4n) is 3.99. The number of nitrogens with one attached hydrogen (secondary N) is 2. The third-order valence-electron chi connectivity index (χ3n) is 5.18. The number of fused-ring (bicyclic) bond motifs is 1. The highest BCUT2D eigenvalue weighted by Crippen LogP contribution is 2.42. The van der Waals surface area contributed by atoms with Crippen molar-refractivity contribution in [1.29, 1.82) is 0 Å². The molecule has 1 aromatic carbocycles. The van der Waals surface area contributed by atoms with E-state index in [0.717, 1.165) is 43.4 Å². The Morgan fingerprint density at radius 2 is 2.08 bits per heavy atom. The van der Waals surface area contributed by atoms with Gasteiger partial charge in [0.2, 0.25) is 0 Å². The second kappa shape index (κ2) is 8.35. The van der Waals surface area contributed by atoms with E-state index in [1.807, 2.05) is 24.4 Å². The fourth-order valence-corrected chi connectivity index (χ4v) is 4.33. The molecule has 2 N–H and O–H groups in total. The summed E-state index contributed by atoms with van der Waals surface area (Å²) in [6.07, 6.45) is 6.89. The average molecular weight is 422 g/mol. The van der Waals surface area contributed by atoms with Gasteiger partial charge in [0.1, 0.15) is 6.29 Å². The number of rotatable bonds is 4. The van der Waals surface area contributed by atoms with Gasteiger partial charge >= 0.3 is 0 Å². The van der Waals surface area contributed by atoms with Gasteiger partial charge in [0.25, 0.3) is 0 Å². The molecule has 0 amide bonds. The second-order valence-electron chi connectivity index (χ2n) is 6.57. The van der Waals surface area contributed by atoms with Crippen LogP contribution in [0.3, 0.4) is 0 Å². The fraction of sp³-hybridized carbons (Fsp3) is 0.350. The molecule has 1 fully saturated rings. The van der Waals surface area contributed by atoms with E-state index >= 15 is 0 Å². The van der Waals surface area contributed by atoms with Crippen molar-refractivity contribution in [3.8, 4) is 0 Å². The topological polar surface area (TPSA) is 41.1 Å². The summed E-state index contributed by atoms with van der Waals surface area (Å²) in [6, 6.07) is 5.96. The van der Waals surface area contributed by atoms with Gasteiger partial charge in [-0.15, -0.1) is 0 Å². The average Bonchev–Trinajstić information content (AvgIpc) is 2.75. The minimum absolute atomic E-state index is 0.0317. The van der Waals surface area contributed by atoms with Gasteiger partial charge in [-0.05, 0) is 71.7 Å². The Balaban J connectivity index is 2.13. The highest BCUT2D eigenvalue weighted by atomic mass is 79.9. The molecule has 1 aliphatic heterocycles. The third-order valence-corrected chi connectivity index (χ3v) is 5.68. The summed E-state index contributed by atoms with van der Waals surface area (Å²) in [5, 5.41) is 7.57. The second-order valence-corrected chi connectivity index (χ2v) is 7.53. The van der Waals surface area contributed by atoms with E-state index in [9.17, 15) is 4.79 Å². The zero-order valence-corrected chi connectivity index (χ0v) is 16.3. The number of carbonyl (C=O) groups is 1. The third kappa shape index (κ3) is 3.91. The predicted molar refractivity (Wildman–Crippen MR) is 108 cm³/mol. The molecule has 0 radical (unpaired) electrons. The first-order valence-electron chi connectivity index (χ1n) is 8.53. The summed E-state index contributed by atoms with van der Waals surface area (Å²) in [5.74, 6) is 0.748. The molecule has 1 saturated heterocycles. The first-order chi connectivity index (χ1) is 12.2. The molecule has 0 bridgehead atoms. The largest absolute Gasteiger partial charge is 0.383 e. The van der Waals surface area contributed by atoms with Crippen LogP contribution in [0.2, 0.25) is 5.02 Å². The van der Waals surface area contributed by atoms with Crippen molar-refractivity contribution in [1.82, 2.24) is 10.6 Å². The first kappa shape index (κ1) is 18.4. The maximum absolute atomic E-state index is 11.7. The number of halogens is 2. The van der Waals surface area contributed by atoms with E-state index < -0.39 is 0 Å². The van der Waals surface area contributed by atoms with Crippen molar-refractivity contribution in [2.75, 3.05) is 13.1 Å². The highest BCUT2D eigenvalue weighted by Gasteiger charge is 2.36. The smallest absolute Gasteiger partial charge is 0.150 e. The SMILES string of the molecule is C=C1C(C=O)=Cc2cc(Cl)ccc2C(C2CCNCC2)C1N/C=C/Br. The summed E-state index contributed by atoms with van der Waals surface area (Å²) >= 11 is 9.55. The normalized spacial score (nSPS) is 24.6. The Morgan fingerprint density at radius 1 is 1.32 bits per heavy atom. The van der Waals surface area contributed by atoms with E-state index in [4.69, 9.17) is 11.6 Å². The molecule has 3 rings (SSSR count). The Labute approximate surface area is 162 Å². The maximum atomic E-state index is 11.7. The molecule has 1 heterocycles. The molecule has 132 valence electrons. The standard InChI is InChI=1S/C20H22BrClN2O/c1-13-16(12-25)10-15-11-17(22)2-3-18(15)19(20(13)24-9-6-21)14-4-7-23-8-5-14/h2-3,6,9-12,14,19-20,23-24H,1,4-5,7-8H2/b9-6+. The Kier molecular flexibility index (Phi) is 6.15. The van der Waals surface area contributed by atoms with Crippen LogP contribution in [-0.2, 0) is 4.79 Å². The molecule has 3 nitrogen and oxygen atoms in total. The van der Waals surface area contributed by atoms with Gasteiger partial charge < -0.3 is 10.6 Å². The van der Waals surface area contributed by atoms with Crippen LogP contribution in [0.15, 0.2) is 47.1 Å². The van der Waals surface area contributed by atoms with E-state index in [-0.39, 0.29) is 12.0 Å². The van der Waals surface area contributed by atoms with Crippen molar-refractivity contribution in [2.45, 2.75) is 24.8 Å². The van der Waals surface area contributed by atoms with E-state index in [1.54, 1.807) is 4.99 Å². The lowest BCUT2D eigenvalue weighted by Crippen LogP contribution is -2.41. The Morgan fingerprint density at radius 3 is 2.76 bits per heavy atom. The van der Waals surface area contributed by atoms with Crippen LogP contribution in [0.4, 0.5) is 0 Å². The number of aldehydes is 1. The van der Waals surface area contributed by atoms with Crippen LogP contribution < -0.4 is 10.6 Å². The van der Waals surface area contributed by atoms with Crippen molar-refractivity contribution < 1.29 is 4.79 Å². The molecule has 0 saturated carbocycles. The quantitative estimate of drug-likeness (QED) is 0.708. The van der Waals surface area contributed by atoms with Gasteiger partial charge in [-0.1, -0.05) is 40.2 Å².